The average Bonchev–Trinajstić information content (AvgIpc) is 2.65. The molecule has 1 fully saturated rings. The van der Waals surface area contributed by atoms with Crippen LogP contribution < -0.4 is 9.64 Å². The summed E-state index contributed by atoms with van der Waals surface area (Å²) in [5.41, 5.74) is 1.09. The van der Waals surface area contributed by atoms with Gasteiger partial charge in [0.25, 0.3) is 0 Å². The molecule has 3 rings (SSSR count). The van der Waals surface area contributed by atoms with Crippen LogP contribution in [0.3, 0.4) is 0 Å². The van der Waals surface area contributed by atoms with Gasteiger partial charge in [-0.05, 0) is 49.4 Å². The SMILES string of the molecule is COc1ccc(Sc2ccc(Cl)cc2N2CCN(CC(=O)O)[C@H](C)C2)cc1.Cl. The highest BCUT2D eigenvalue weighted by molar-refractivity contribution is 7.99. The molecule has 2 aromatic rings. The first-order valence-electron chi connectivity index (χ1n) is 8.78. The fourth-order valence-corrected chi connectivity index (χ4v) is 4.34. The first-order chi connectivity index (χ1) is 13.0. The zero-order valence-electron chi connectivity index (χ0n) is 15.8. The fourth-order valence-electron chi connectivity index (χ4n) is 3.22. The number of piperazine rings is 1. The van der Waals surface area contributed by atoms with Crippen molar-refractivity contribution >= 4 is 47.4 Å². The number of carboxylic acids is 1. The molecule has 0 saturated carbocycles. The van der Waals surface area contributed by atoms with Gasteiger partial charge in [0.2, 0.25) is 0 Å². The Kier molecular flexibility index (Phi) is 8.31. The van der Waals surface area contributed by atoms with E-state index in [-0.39, 0.29) is 25.0 Å². The van der Waals surface area contributed by atoms with E-state index in [9.17, 15) is 4.79 Å². The van der Waals surface area contributed by atoms with Gasteiger partial charge >= 0.3 is 5.97 Å². The van der Waals surface area contributed by atoms with Crippen LogP contribution in [0.25, 0.3) is 0 Å². The number of nitrogens with zero attached hydrogens (tertiary/aromatic N) is 2. The summed E-state index contributed by atoms with van der Waals surface area (Å²) in [5, 5.41) is 9.76. The van der Waals surface area contributed by atoms with Gasteiger partial charge in [-0.2, -0.15) is 0 Å². The minimum absolute atomic E-state index is 0. The second-order valence-electron chi connectivity index (χ2n) is 6.55. The minimum Gasteiger partial charge on any atom is -0.497 e. The molecule has 152 valence electrons. The molecule has 0 radical (unpaired) electrons. The van der Waals surface area contributed by atoms with E-state index in [4.69, 9.17) is 21.4 Å². The van der Waals surface area contributed by atoms with Gasteiger partial charge in [-0.3, -0.25) is 9.69 Å². The number of rotatable bonds is 6. The molecule has 1 saturated heterocycles. The van der Waals surface area contributed by atoms with Crippen molar-refractivity contribution in [2.75, 3.05) is 38.2 Å². The predicted octanol–water partition coefficient (Wildman–Crippen LogP) is 4.52. The van der Waals surface area contributed by atoms with Crippen molar-refractivity contribution in [3.05, 3.63) is 47.5 Å². The number of anilines is 1. The molecule has 0 unspecified atom stereocenters. The van der Waals surface area contributed by atoms with Gasteiger partial charge in [0.15, 0.2) is 0 Å². The van der Waals surface area contributed by atoms with Crippen LogP contribution in [0.4, 0.5) is 5.69 Å². The van der Waals surface area contributed by atoms with E-state index in [1.54, 1.807) is 18.9 Å². The summed E-state index contributed by atoms with van der Waals surface area (Å²) >= 11 is 7.96. The number of carboxylic acid groups (broad SMARTS) is 1. The highest BCUT2D eigenvalue weighted by Crippen LogP contribution is 2.38. The summed E-state index contributed by atoms with van der Waals surface area (Å²) in [4.78, 5) is 17.6. The van der Waals surface area contributed by atoms with E-state index in [2.05, 4.69) is 11.8 Å². The van der Waals surface area contributed by atoms with Crippen LogP contribution >= 0.6 is 35.8 Å². The number of benzene rings is 2. The first kappa shape index (κ1) is 22.7. The Morgan fingerprint density at radius 1 is 1.25 bits per heavy atom. The molecule has 28 heavy (non-hydrogen) atoms. The van der Waals surface area contributed by atoms with Gasteiger partial charge in [-0.1, -0.05) is 23.4 Å². The van der Waals surface area contributed by atoms with E-state index in [1.807, 2.05) is 47.4 Å². The van der Waals surface area contributed by atoms with Crippen LogP contribution in [0.2, 0.25) is 5.02 Å². The lowest BCUT2D eigenvalue weighted by Gasteiger charge is -2.40. The van der Waals surface area contributed by atoms with Gasteiger partial charge in [-0.25, -0.2) is 0 Å². The summed E-state index contributed by atoms with van der Waals surface area (Å²) in [5.74, 6) is 0.0489. The van der Waals surface area contributed by atoms with Gasteiger partial charge in [0, 0.05) is 40.5 Å². The van der Waals surface area contributed by atoms with Crippen LogP contribution in [-0.2, 0) is 4.79 Å². The molecule has 1 aliphatic heterocycles. The highest BCUT2D eigenvalue weighted by atomic mass is 35.5. The van der Waals surface area contributed by atoms with E-state index in [0.717, 1.165) is 34.3 Å². The summed E-state index contributed by atoms with van der Waals surface area (Å²) < 4.78 is 5.22. The molecule has 5 nitrogen and oxygen atoms in total. The maximum Gasteiger partial charge on any atom is 0.317 e. The smallest absolute Gasteiger partial charge is 0.317 e. The Labute approximate surface area is 181 Å². The molecule has 1 atom stereocenters. The monoisotopic (exact) mass is 442 g/mol. The Hall–Kier alpha value is -1.60. The van der Waals surface area contributed by atoms with Crippen molar-refractivity contribution in [3.63, 3.8) is 0 Å². The lowest BCUT2D eigenvalue weighted by Crippen LogP contribution is -2.53. The van der Waals surface area contributed by atoms with Crippen molar-refractivity contribution < 1.29 is 14.6 Å². The third kappa shape index (κ3) is 5.70. The number of aliphatic carboxylic acids is 1. The molecule has 0 amide bonds. The maximum atomic E-state index is 11.0. The van der Waals surface area contributed by atoms with Crippen molar-refractivity contribution in [3.8, 4) is 5.75 Å². The zero-order chi connectivity index (χ0) is 19.4. The van der Waals surface area contributed by atoms with Crippen molar-refractivity contribution in [1.82, 2.24) is 4.90 Å². The van der Waals surface area contributed by atoms with Gasteiger partial charge in [-0.15, -0.1) is 12.4 Å². The number of ether oxygens (including phenoxy) is 1. The number of halogens is 2. The van der Waals surface area contributed by atoms with Crippen molar-refractivity contribution in [2.24, 2.45) is 0 Å². The van der Waals surface area contributed by atoms with Crippen LogP contribution in [0.15, 0.2) is 52.3 Å². The summed E-state index contributed by atoms with van der Waals surface area (Å²) in [6, 6.07) is 14.1. The van der Waals surface area contributed by atoms with Crippen LogP contribution in [0.1, 0.15) is 6.92 Å². The minimum atomic E-state index is -0.784. The molecular formula is C20H24Cl2N2O3S. The quantitative estimate of drug-likeness (QED) is 0.709. The lowest BCUT2D eigenvalue weighted by molar-refractivity contribution is -0.138. The predicted molar refractivity (Wildman–Crippen MR) is 117 cm³/mol. The third-order valence-corrected chi connectivity index (χ3v) is 5.96. The molecule has 1 heterocycles. The topological polar surface area (TPSA) is 53.0 Å². The largest absolute Gasteiger partial charge is 0.497 e. The molecule has 1 N–H and O–H groups in total. The van der Waals surface area contributed by atoms with Gasteiger partial charge in [0.05, 0.1) is 19.3 Å². The lowest BCUT2D eigenvalue weighted by atomic mass is 10.1. The van der Waals surface area contributed by atoms with E-state index >= 15 is 0 Å². The van der Waals surface area contributed by atoms with E-state index in [0.29, 0.717) is 11.6 Å². The molecule has 0 aliphatic carbocycles. The van der Waals surface area contributed by atoms with E-state index < -0.39 is 5.97 Å². The van der Waals surface area contributed by atoms with Gasteiger partial charge in [0.1, 0.15) is 5.75 Å². The average molecular weight is 443 g/mol. The maximum absolute atomic E-state index is 11.0. The third-order valence-electron chi connectivity index (χ3n) is 4.65. The molecule has 0 aromatic heterocycles. The molecule has 0 spiro atoms. The Morgan fingerprint density at radius 3 is 2.57 bits per heavy atom. The summed E-state index contributed by atoms with van der Waals surface area (Å²) in [7, 11) is 1.66. The number of hydrogen-bond acceptors (Lipinski definition) is 5. The fraction of sp³-hybridized carbons (Fsp3) is 0.350. The molecule has 2 aromatic carbocycles. The number of hydrogen-bond donors (Lipinski definition) is 1. The van der Waals surface area contributed by atoms with Crippen LogP contribution in [-0.4, -0.2) is 55.3 Å². The van der Waals surface area contributed by atoms with Crippen molar-refractivity contribution in [1.29, 1.82) is 0 Å². The molecular weight excluding hydrogens is 419 g/mol. The van der Waals surface area contributed by atoms with Gasteiger partial charge < -0.3 is 14.7 Å². The van der Waals surface area contributed by atoms with Crippen LogP contribution in [0, 0.1) is 0 Å². The first-order valence-corrected chi connectivity index (χ1v) is 9.98. The van der Waals surface area contributed by atoms with Crippen LogP contribution in [0.5, 0.6) is 5.75 Å². The Bertz CT molecular complexity index is 805. The normalized spacial score (nSPS) is 17.1. The molecule has 1 aliphatic rings. The summed E-state index contributed by atoms with van der Waals surface area (Å²) in [6.45, 7) is 4.40. The second-order valence-corrected chi connectivity index (χ2v) is 8.10. The van der Waals surface area contributed by atoms with E-state index in [1.165, 1.54) is 0 Å². The molecule has 0 bridgehead atoms. The summed E-state index contributed by atoms with van der Waals surface area (Å²) in [6.07, 6.45) is 0. The Balaban J connectivity index is 0.00000280. The number of methoxy groups -OCH3 is 1. The van der Waals surface area contributed by atoms with Crippen molar-refractivity contribution in [2.45, 2.75) is 22.8 Å². The molecule has 8 heteroatoms. The zero-order valence-corrected chi connectivity index (χ0v) is 18.2. The standard InChI is InChI=1S/C20H23ClN2O3S.ClH/c1-14-12-23(10-9-22(14)13-20(24)25)18-11-15(21)3-8-19(18)27-17-6-4-16(26-2)5-7-17;/h3-8,11,14H,9-10,12-13H2,1-2H3,(H,24,25);1H/t14-;/m1./s1. The second kappa shape index (κ2) is 10.3. The highest BCUT2D eigenvalue weighted by Gasteiger charge is 2.26. The Morgan fingerprint density at radius 2 is 1.96 bits per heavy atom. The number of carbonyl (C=O) groups is 1.